The maximum atomic E-state index is 11.6. The van der Waals surface area contributed by atoms with Gasteiger partial charge < -0.3 is 5.11 Å². The van der Waals surface area contributed by atoms with Crippen LogP contribution >= 0.6 is 0 Å². The molecule has 0 amide bonds. The Hall–Kier alpha value is -1.60. The standard InChI is InChI=1S/C21H26O/c1-2-3-6-11-17-16-20(17)21(22,18-12-7-4-8-13-18)19-14-9-5-10-15-19/h4-5,7-10,12-15,17,20,22H,2-3,6,11,16H2,1H3/t17-,20-/m0/s1. The Balaban J connectivity index is 1.86. The summed E-state index contributed by atoms with van der Waals surface area (Å²) in [5.41, 5.74) is 1.23. The first-order valence-corrected chi connectivity index (χ1v) is 8.60. The van der Waals surface area contributed by atoms with Crippen LogP contribution in [0.1, 0.15) is 50.2 Å². The molecule has 2 aromatic rings. The molecule has 0 saturated heterocycles. The maximum absolute atomic E-state index is 11.6. The van der Waals surface area contributed by atoms with Crippen LogP contribution in [0.3, 0.4) is 0 Å². The van der Waals surface area contributed by atoms with Gasteiger partial charge in [0.1, 0.15) is 5.60 Å². The summed E-state index contributed by atoms with van der Waals surface area (Å²) in [6.45, 7) is 2.24. The van der Waals surface area contributed by atoms with E-state index < -0.39 is 5.60 Å². The molecular formula is C21H26O. The summed E-state index contributed by atoms with van der Waals surface area (Å²) < 4.78 is 0. The molecule has 0 heterocycles. The number of hydrogen-bond donors (Lipinski definition) is 1. The molecule has 2 atom stereocenters. The van der Waals surface area contributed by atoms with E-state index in [0.29, 0.717) is 11.8 Å². The van der Waals surface area contributed by atoms with Crippen LogP contribution in [-0.2, 0) is 5.60 Å². The summed E-state index contributed by atoms with van der Waals surface area (Å²) in [5, 5.41) is 11.6. The van der Waals surface area contributed by atoms with Gasteiger partial charge in [0.25, 0.3) is 0 Å². The summed E-state index contributed by atoms with van der Waals surface area (Å²) in [5.74, 6) is 1.02. The topological polar surface area (TPSA) is 20.2 Å². The average molecular weight is 294 g/mol. The van der Waals surface area contributed by atoms with Gasteiger partial charge in [0.15, 0.2) is 0 Å². The summed E-state index contributed by atoms with van der Waals surface area (Å²) in [6.07, 6.45) is 6.25. The van der Waals surface area contributed by atoms with E-state index in [0.717, 1.165) is 17.5 Å². The van der Waals surface area contributed by atoms with Crippen LogP contribution in [0.4, 0.5) is 0 Å². The van der Waals surface area contributed by atoms with E-state index in [1.165, 1.54) is 25.7 Å². The molecule has 2 aromatic carbocycles. The third-order valence-corrected chi connectivity index (χ3v) is 5.07. The predicted octanol–water partition coefficient (Wildman–Crippen LogP) is 5.14. The van der Waals surface area contributed by atoms with Crippen molar-refractivity contribution in [1.82, 2.24) is 0 Å². The van der Waals surface area contributed by atoms with Gasteiger partial charge in [-0.05, 0) is 29.4 Å². The largest absolute Gasteiger partial charge is 0.380 e. The molecule has 1 aliphatic carbocycles. The van der Waals surface area contributed by atoms with Crippen molar-refractivity contribution in [3.8, 4) is 0 Å². The molecule has 1 nitrogen and oxygen atoms in total. The summed E-state index contributed by atoms with van der Waals surface area (Å²) in [7, 11) is 0. The van der Waals surface area contributed by atoms with Crippen molar-refractivity contribution in [1.29, 1.82) is 0 Å². The Morgan fingerprint density at radius 3 is 1.95 bits per heavy atom. The van der Waals surface area contributed by atoms with E-state index in [1.54, 1.807) is 0 Å². The molecular weight excluding hydrogens is 268 g/mol. The van der Waals surface area contributed by atoms with Crippen LogP contribution in [0.5, 0.6) is 0 Å². The first-order valence-electron chi connectivity index (χ1n) is 8.60. The van der Waals surface area contributed by atoms with E-state index in [2.05, 4.69) is 31.2 Å². The first-order chi connectivity index (χ1) is 10.8. The lowest BCUT2D eigenvalue weighted by molar-refractivity contribution is 0.0498. The van der Waals surface area contributed by atoms with E-state index in [-0.39, 0.29) is 0 Å². The van der Waals surface area contributed by atoms with Gasteiger partial charge >= 0.3 is 0 Å². The fourth-order valence-corrected chi connectivity index (χ4v) is 3.71. The molecule has 1 heteroatoms. The fraction of sp³-hybridized carbons (Fsp3) is 0.429. The van der Waals surface area contributed by atoms with Crippen molar-refractivity contribution in [2.45, 2.75) is 44.6 Å². The molecule has 3 rings (SSSR count). The average Bonchev–Trinajstić information content (AvgIpc) is 3.36. The van der Waals surface area contributed by atoms with Crippen LogP contribution in [0.15, 0.2) is 60.7 Å². The lowest BCUT2D eigenvalue weighted by Crippen LogP contribution is -2.30. The van der Waals surface area contributed by atoms with Gasteiger partial charge in [-0.25, -0.2) is 0 Å². The second-order valence-electron chi connectivity index (χ2n) is 6.60. The number of unbranched alkanes of at least 4 members (excludes halogenated alkanes) is 2. The van der Waals surface area contributed by atoms with Crippen molar-refractivity contribution in [2.24, 2.45) is 11.8 Å². The predicted molar refractivity (Wildman–Crippen MR) is 91.6 cm³/mol. The van der Waals surface area contributed by atoms with Gasteiger partial charge in [0.2, 0.25) is 0 Å². The highest BCUT2D eigenvalue weighted by atomic mass is 16.3. The normalized spacial score (nSPS) is 20.8. The Morgan fingerprint density at radius 1 is 0.909 bits per heavy atom. The first kappa shape index (κ1) is 15.3. The van der Waals surface area contributed by atoms with E-state index in [4.69, 9.17) is 0 Å². The highest BCUT2D eigenvalue weighted by Gasteiger charge is 2.52. The van der Waals surface area contributed by atoms with Gasteiger partial charge in [-0.2, -0.15) is 0 Å². The van der Waals surface area contributed by atoms with Crippen LogP contribution < -0.4 is 0 Å². The van der Waals surface area contributed by atoms with Crippen LogP contribution in [0.2, 0.25) is 0 Å². The minimum absolute atomic E-state index is 0.356. The molecule has 0 radical (unpaired) electrons. The third-order valence-electron chi connectivity index (χ3n) is 5.07. The van der Waals surface area contributed by atoms with Crippen LogP contribution in [0.25, 0.3) is 0 Å². The van der Waals surface area contributed by atoms with Crippen LogP contribution in [0, 0.1) is 11.8 Å². The number of rotatable bonds is 7. The van der Waals surface area contributed by atoms with E-state index in [1.807, 2.05) is 36.4 Å². The second-order valence-corrected chi connectivity index (χ2v) is 6.60. The summed E-state index contributed by atoms with van der Waals surface area (Å²) in [6, 6.07) is 20.4. The molecule has 1 aliphatic rings. The minimum atomic E-state index is -0.834. The second kappa shape index (κ2) is 6.66. The molecule has 0 bridgehead atoms. The zero-order valence-electron chi connectivity index (χ0n) is 13.4. The third kappa shape index (κ3) is 2.96. The summed E-state index contributed by atoms with van der Waals surface area (Å²) >= 11 is 0. The van der Waals surface area contributed by atoms with Crippen molar-refractivity contribution in [3.05, 3.63) is 71.8 Å². The van der Waals surface area contributed by atoms with Crippen LogP contribution in [-0.4, -0.2) is 5.11 Å². The Bertz CT molecular complexity index is 536. The monoisotopic (exact) mass is 294 g/mol. The molecule has 1 N–H and O–H groups in total. The van der Waals surface area contributed by atoms with Gasteiger partial charge in [0, 0.05) is 0 Å². The number of benzene rings is 2. The van der Waals surface area contributed by atoms with Gasteiger partial charge in [-0.15, -0.1) is 0 Å². The van der Waals surface area contributed by atoms with Crippen molar-refractivity contribution < 1.29 is 5.11 Å². The Labute approximate surface area is 134 Å². The van der Waals surface area contributed by atoms with Gasteiger partial charge in [0.05, 0.1) is 0 Å². The molecule has 0 aliphatic heterocycles. The highest BCUT2D eigenvalue weighted by molar-refractivity contribution is 5.38. The quantitative estimate of drug-likeness (QED) is 0.701. The highest BCUT2D eigenvalue weighted by Crippen LogP contribution is 2.55. The molecule has 1 fully saturated rings. The molecule has 22 heavy (non-hydrogen) atoms. The number of hydrogen-bond acceptors (Lipinski definition) is 1. The lowest BCUT2D eigenvalue weighted by atomic mass is 9.81. The summed E-state index contributed by atoms with van der Waals surface area (Å²) in [4.78, 5) is 0. The number of aliphatic hydroxyl groups is 1. The molecule has 0 unspecified atom stereocenters. The SMILES string of the molecule is CCCCC[C@H]1C[C@@H]1C(O)(c1ccccc1)c1ccccc1. The van der Waals surface area contributed by atoms with Crippen molar-refractivity contribution >= 4 is 0 Å². The molecule has 0 spiro atoms. The van der Waals surface area contributed by atoms with Gasteiger partial charge in [-0.1, -0.05) is 93.3 Å². The smallest absolute Gasteiger partial charge is 0.118 e. The molecule has 0 aromatic heterocycles. The zero-order valence-corrected chi connectivity index (χ0v) is 13.4. The van der Waals surface area contributed by atoms with E-state index >= 15 is 0 Å². The van der Waals surface area contributed by atoms with Crippen molar-refractivity contribution in [2.75, 3.05) is 0 Å². The maximum Gasteiger partial charge on any atom is 0.118 e. The fourth-order valence-electron chi connectivity index (χ4n) is 3.71. The minimum Gasteiger partial charge on any atom is -0.380 e. The van der Waals surface area contributed by atoms with Crippen molar-refractivity contribution in [3.63, 3.8) is 0 Å². The Morgan fingerprint density at radius 2 is 1.45 bits per heavy atom. The molecule has 1 saturated carbocycles. The van der Waals surface area contributed by atoms with E-state index in [9.17, 15) is 5.11 Å². The molecule has 116 valence electrons. The van der Waals surface area contributed by atoms with Gasteiger partial charge in [-0.3, -0.25) is 0 Å². The zero-order chi connectivity index (χ0) is 15.4. The lowest BCUT2D eigenvalue weighted by Gasteiger charge is -2.30. The Kier molecular flexibility index (Phi) is 4.63.